The highest BCUT2D eigenvalue weighted by atomic mass is 35.5. The van der Waals surface area contributed by atoms with Crippen molar-refractivity contribution in [3.8, 4) is 0 Å². The molecule has 1 N–H and O–H groups in total. The third-order valence-corrected chi connectivity index (χ3v) is 4.32. The average molecular weight is 298 g/mol. The van der Waals surface area contributed by atoms with E-state index in [9.17, 15) is 0 Å². The maximum Gasteiger partial charge on any atom is 0.0545 e. The van der Waals surface area contributed by atoms with Gasteiger partial charge in [-0.3, -0.25) is 0 Å². The molecule has 18 heavy (non-hydrogen) atoms. The van der Waals surface area contributed by atoms with Crippen LogP contribution in [0.3, 0.4) is 0 Å². The zero-order chi connectivity index (χ0) is 13.0. The van der Waals surface area contributed by atoms with Gasteiger partial charge in [-0.1, -0.05) is 53.2 Å². The van der Waals surface area contributed by atoms with E-state index >= 15 is 0 Å². The van der Waals surface area contributed by atoms with Gasteiger partial charge in [-0.2, -0.15) is 0 Å². The Kier molecular flexibility index (Phi) is 4.95. The molecule has 0 heterocycles. The predicted octanol–water partition coefficient (Wildman–Crippen LogP) is 4.86. The van der Waals surface area contributed by atoms with Crippen LogP contribution in [0.4, 0.5) is 0 Å². The summed E-state index contributed by atoms with van der Waals surface area (Å²) in [5.74, 6) is 0. The van der Waals surface area contributed by atoms with E-state index in [4.69, 9.17) is 23.2 Å². The lowest BCUT2D eigenvalue weighted by Crippen LogP contribution is -2.05. The number of halogens is 2. The van der Waals surface area contributed by atoms with Crippen LogP contribution in [0.15, 0.2) is 52.3 Å². The number of nitrogens with one attached hydrogen (secondary N) is 1. The first-order valence-corrected chi connectivity index (χ1v) is 7.13. The molecular formula is C14H13Cl2NS. The third-order valence-electron chi connectivity index (χ3n) is 2.46. The minimum Gasteiger partial charge on any atom is -0.316 e. The molecule has 94 valence electrons. The van der Waals surface area contributed by atoms with Gasteiger partial charge in [-0.05, 0) is 36.9 Å². The molecule has 0 fully saturated rings. The summed E-state index contributed by atoms with van der Waals surface area (Å²) in [6.45, 7) is 0.774. The summed E-state index contributed by atoms with van der Waals surface area (Å²) >= 11 is 14.0. The van der Waals surface area contributed by atoms with Crippen molar-refractivity contribution < 1.29 is 0 Å². The van der Waals surface area contributed by atoms with E-state index in [0.29, 0.717) is 0 Å². The maximum absolute atomic E-state index is 6.23. The Morgan fingerprint density at radius 2 is 1.83 bits per heavy atom. The molecule has 0 aliphatic heterocycles. The van der Waals surface area contributed by atoms with E-state index in [0.717, 1.165) is 31.9 Å². The van der Waals surface area contributed by atoms with Crippen molar-refractivity contribution >= 4 is 35.0 Å². The fourth-order valence-electron chi connectivity index (χ4n) is 1.58. The molecule has 0 bridgehead atoms. The second kappa shape index (κ2) is 6.48. The van der Waals surface area contributed by atoms with E-state index in [2.05, 4.69) is 11.4 Å². The Morgan fingerprint density at radius 1 is 1.06 bits per heavy atom. The van der Waals surface area contributed by atoms with Gasteiger partial charge in [0.25, 0.3) is 0 Å². The first-order valence-electron chi connectivity index (χ1n) is 5.56. The van der Waals surface area contributed by atoms with Crippen molar-refractivity contribution in [2.24, 2.45) is 0 Å². The van der Waals surface area contributed by atoms with Crippen molar-refractivity contribution in [2.45, 2.75) is 16.3 Å². The number of hydrogen-bond acceptors (Lipinski definition) is 2. The van der Waals surface area contributed by atoms with E-state index < -0.39 is 0 Å². The first-order chi connectivity index (χ1) is 8.70. The lowest BCUT2D eigenvalue weighted by Gasteiger charge is -2.07. The van der Waals surface area contributed by atoms with Crippen LogP contribution < -0.4 is 5.32 Å². The van der Waals surface area contributed by atoms with Gasteiger partial charge in [0.1, 0.15) is 0 Å². The first kappa shape index (κ1) is 13.8. The van der Waals surface area contributed by atoms with Crippen LogP contribution in [0.25, 0.3) is 0 Å². The zero-order valence-electron chi connectivity index (χ0n) is 9.91. The molecule has 0 aromatic heterocycles. The summed E-state index contributed by atoms with van der Waals surface area (Å²) in [5, 5.41) is 4.63. The van der Waals surface area contributed by atoms with Crippen LogP contribution in [0.5, 0.6) is 0 Å². The van der Waals surface area contributed by atoms with Crippen molar-refractivity contribution in [3.63, 3.8) is 0 Å². The van der Waals surface area contributed by atoms with Crippen LogP contribution in [-0.2, 0) is 6.54 Å². The van der Waals surface area contributed by atoms with Gasteiger partial charge in [0.15, 0.2) is 0 Å². The van der Waals surface area contributed by atoms with Crippen LogP contribution in [0.2, 0.25) is 10.0 Å². The highest BCUT2D eigenvalue weighted by molar-refractivity contribution is 7.99. The molecule has 2 aromatic carbocycles. The minimum atomic E-state index is 0.762. The maximum atomic E-state index is 6.23. The molecular weight excluding hydrogens is 285 g/mol. The second-order valence-electron chi connectivity index (χ2n) is 3.82. The fourth-order valence-corrected chi connectivity index (χ4v) is 3.02. The number of rotatable bonds is 4. The van der Waals surface area contributed by atoms with Crippen LogP contribution in [0.1, 0.15) is 5.56 Å². The lowest BCUT2D eigenvalue weighted by molar-refractivity contribution is 0.817. The Bertz CT molecular complexity index is 543. The summed E-state index contributed by atoms with van der Waals surface area (Å²) in [5.41, 5.74) is 1.10. The molecule has 0 aliphatic carbocycles. The standard InChI is InChI=1S/C14H13Cl2NS/c1-17-9-10-6-7-11(8-13(10)16)18-14-5-3-2-4-12(14)15/h2-8,17H,9H2,1H3. The molecule has 0 atom stereocenters. The molecule has 0 amide bonds. The molecule has 1 nitrogen and oxygen atoms in total. The van der Waals surface area contributed by atoms with Gasteiger partial charge in [0.05, 0.1) is 5.02 Å². The van der Waals surface area contributed by atoms with Crippen molar-refractivity contribution in [1.29, 1.82) is 0 Å². The van der Waals surface area contributed by atoms with E-state index in [1.165, 1.54) is 0 Å². The molecule has 4 heteroatoms. The largest absolute Gasteiger partial charge is 0.316 e. The molecule has 0 spiro atoms. The molecule has 2 aromatic rings. The SMILES string of the molecule is CNCc1ccc(Sc2ccccc2Cl)cc1Cl. The molecule has 0 saturated heterocycles. The molecule has 0 radical (unpaired) electrons. The summed E-state index contributed by atoms with van der Waals surface area (Å²) in [7, 11) is 1.91. The molecule has 0 unspecified atom stereocenters. The van der Waals surface area contributed by atoms with Crippen molar-refractivity contribution in [1.82, 2.24) is 5.32 Å². The molecule has 0 saturated carbocycles. The van der Waals surface area contributed by atoms with Gasteiger partial charge in [-0.25, -0.2) is 0 Å². The highest BCUT2D eigenvalue weighted by Gasteiger charge is 2.05. The van der Waals surface area contributed by atoms with Crippen molar-refractivity contribution in [2.75, 3.05) is 7.05 Å². The Hall–Kier alpha value is -0.670. The number of hydrogen-bond donors (Lipinski definition) is 1. The zero-order valence-corrected chi connectivity index (χ0v) is 12.2. The van der Waals surface area contributed by atoms with E-state index in [1.54, 1.807) is 11.8 Å². The average Bonchev–Trinajstić information content (AvgIpc) is 2.36. The predicted molar refractivity (Wildman–Crippen MR) is 79.8 cm³/mol. The minimum absolute atomic E-state index is 0.762. The molecule has 2 rings (SSSR count). The lowest BCUT2D eigenvalue weighted by atomic mass is 10.2. The van der Waals surface area contributed by atoms with Crippen LogP contribution in [-0.4, -0.2) is 7.05 Å². The van der Waals surface area contributed by atoms with Crippen LogP contribution in [0, 0.1) is 0 Å². The Morgan fingerprint density at radius 3 is 2.50 bits per heavy atom. The van der Waals surface area contributed by atoms with E-state index in [1.807, 2.05) is 43.4 Å². The summed E-state index contributed by atoms with van der Waals surface area (Å²) in [6, 6.07) is 13.9. The van der Waals surface area contributed by atoms with Gasteiger partial charge >= 0.3 is 0 Å². The highest BCUT2D eigenvalue weighted by Crippen LogP contribution is 2.34. The Balaban J connectivity index is 2.20. The van der Waals surface area contributed by atoms with Gasteiger partial charge in [0.2, 0.25) is 0 Å². The van der Waals surface area contributed by atoms with Gasteiger partial charge in [0, 0.05) is 21.4 Å². The van der Waals surface area contributed by atoms with Gasteiger partial charge < -0.3 is 5.32 Å². The summed E-state index contributed by atoms with van der Waals surface area (Å²) in [6.07, 6.45) is 0. The quantitative estimate of drug-likeness (QED) is 0.864. The third kappa shape index (κ3) is 3.42. The topological polar surface area (TPSA) is 12.0 Å². The van der Waals surface area contributed by atoms with Crippen LogP contribution >= 0.6 is 35.0 Å². The fraction of sp³-hybridized carbons (Fsp3) is 0.143. The Labute approximate surface area is 121 Å². The van der Waals surface area contributed by atoms with Gasteiger partial charge in [-0.15, -0.1) is 0 Å². The summed E-state index contributed by atoms with van der Waals surface area (Å²) < 4.78 is 0. The summed E-state index contributed by atoms with van der Waals surface area (Å²) in [4.78, 5) is 2.13. The normalized spacial score (nSPS) is 10.6. The smallest absolute Gasteiger partial charge is 0.0545 e. The molecule has 0 aliphatic rings. The van der Waals surface area contributed by atoms with E-state index in [-0.39, 0.29) is 0 Å². The number of benzene rings is 2. The monoisotopic (exact) mass is 297 g/mol. The van der Waals surface area contributed by atoms with Crippen molar-refractivity contribution in [3.05, 3.63) is 58.1 Å². The second-order valence-corrected chi connectivity index (χ2v) is 5.75.